The third kappa shape index (κ3) is 3.70. The Hall–Kier alpha value is -2.08. The van der Waals surface area contributed by atoms with Crippen LogP contribution in [0.5, 0.6) is 11.5 Å². The molecule has 0 saturated heterocycles. The molecule has 0 fully saturated rings. The molecular formula is C16H14Cl3N2O3-. The number of nitrogen functional groups attached to an aromatic ring is 1. The van der Waals surface area contributed by atoms with Crippen LogP contribution in [0.25, 0.3) is 10.9 Å². The van der Waals surface area contributed by atoms with Gasteiger partial charge in [0.05, 0.1) is 22.2 Å². The van der Waals surface area contributed by atoms with Gasteiger partial charge in [0, 0.05) is 30.3 Å². The Bertz CT molecular complexity index is 876. The van der Waals surface area contributed by atoms with Crippen LogP contribution in [0.4, 0.5) is 5.69 Å². The zero-order chi connectivity index (χ0) is 15.9. The van der Waals surface area contributed by atoms with Gasteiger partial charge in [-0.25, -0.2) is 0 Å². The Morgan fingerprint density at radius 2 is 1.75 bits per heavy atom. The van der Waals surface area contributed by atoms with Crippen LogP contribution < -0.4 is 15.6 Å². The molecule has 0 atom stereocenters. The van der Waals surface area contributed by atoms with E-state index in [1.807, 2.05) is 0 Å². The molecule has 1 aromatic heterocycles. The molecule has 3 rings (SSSR count). The molecule has 1 heterocycles. The van der Waals surface area contributed by atoms with Crippen molar-refractivity contribution in [2.24, 2.45) is 7.05 Å². The number of carboxylic acids is 1. The maximum atomic E-state index is 11.1. The Labute approximate surface area is 155 Å². The number of hydrogen-bond donors (Lipinski definition) is 1. The second-order valence-electron chi connectivity index (χ2n) is 4.89. The third-order valence-corrected chi connectivity index (χ3v) is 3.72. The summed E-state index contributed by atoms with van der Waals surface area (Å²) in [6, 6.07) is 11.8. The maximum Gasteiger partial charge on any atom is 0.131 e. The van der Waals surface area contributed by atoms with Gasteiger partial charge in [0.15, 0.2) is 0 Å². The highest BCUT2D eigenvalue weighted by atomic mass is 35.5. The van der Waals surface area contributed by atoms with Gasteiger partial charge in [-0.1, -0.05) is 11.6 Å². The van der Waals surface area contributed by atoms with Crippen LogP contribution in [0.3, 0.4) is 0 Å². The summed E-state index contributed by atoms with van der Waals surface area (Å²) in [6.07, 6.45) is 0. The standard InChI is InChI=1S/C16H13ClN2O3.2ClH/c1-19-14-7-11(22-10-4-2-9(18)3-5-10)6-13(17)12(14)8-15(19)16(20)21;;/h2-8H,18H2,1H3,(H,20,21);2*1H/p-1. The number of aromatic nitrogens is 1. The first-order valence-corrected chi connectivity index (χ1v) is 6.87. The van der Waals surface area contributed by atoms with E-state index in [2.05, 4.69) is 0 Å². The fourth-order valence-electron chi connectivity index (χ4n) is 2.29. The highest BCUT2D eigenvalue weighted by molar-refractivity contribution is 6.35. The molecule has 8 heteroatoms. The number of carbonyl (C=O) groups excluding carboxylic acids is 1. The summed E-state index contributed by atoms with van der Waals surface area (Å²) in [6.45, 7) is 0. The van der Waals surface area contributed by atoms with Crippen molar-refractivity contribution in [3.63, 3.8) is 0 Å². The number of benzene rings is 2. The van der Waals surface area contributed by atoms with Crippen molar-refractivity contribution in [1.29, 1.82) is 0 Å². The van der Waals surface area contributed by atoms with Gasteiger partial charge in [-0.05, 0) is 30.3 Å². The number of carbonyl (C=O) groups is 1. The molecule has 0 aliphatic carbocycles. The minimum Gasteiger partial charge on any atom is -0.543 e. The molecule has 128 valence electrons. The molecule has 2 aromatic carbocycles. The van der Waals surface area contributed by atoms with Crippen molar-refractivity contribution in [3.05, 3.63) is 53.2 Å². The van der Waals surface area contributed by atoms with Crippen molar-refractivity contribution >= 4 is 59.0 Å². The van der Waals surface area contributed by atoms with Crippen molar-refractivity contribution in [2.75, 3.05) is 5.73 Å². The van der Waals surface area contributed by atoms with Crippen LogP contribution in [-0.4, -0.2) is 10.5 Å². The summed E-state index contributed by atoms with van der Waals surface area (Å²) in [5.74, 6) is -0.136. The van der Waals surface area contributed by atoms with Gasteiger partial charge in [-0.2, -0.15) is 0 Å². The average Bonchev–Trinajstić information content (AvgIpc) is 2.80. The predicted octanol–water partition coefficient (Wildman–Crippen LogP) is 3.41. The third-order valence-electron chi connectivity index (χ3n) is 3.41. The summed E-state index contributed by atoms with van der Waals surface area (Å²) in [5.41, 5.74) is 6.98. The maximum absolute atomic E-state index is 11.1. The van der Waals surface area contributed by atoms with Crippen LogP contribution in [0.1, 0.15) is 10.5 Å². The summed E-state index contributed by atoms with van der Waals surface area (Å²) in [5, 5.41) is 12.1. The van der Waals surface area contributed by atoms with E-state index in [0.29, 0.717) is 33.1 Å². The number of hydrogen-bond acceptors (Lipinski definition) is 4. The lowest BCUT2D eigenvalue weighted by atomic mass is 10.2. The van der Waals surface area contributed by atoms with E-state index in [0.717, 1.165) is 0 Å². The number of aromatic carboxylic acids is 1. The zero-order valence-corrected chi connectivity index (χ0v) is 14.9. The first-order valence-electron chi connectivity index (χ1n) is 6.49. The number of rotatable bonds is 3. The van der Waals surface area contributed by atoms with Crippen LogP contribution in [0, 0.1) is 0 Å². The van der Waals surface area contributed by atoms with Crippen molar-refractivity contribution in [3.8, 4) is 11.5 Å². The second-order valence-corrected chi connectivity index (χ2v) is 5.29. The normalized spacial score (nSPS) is 9.92. The van der Waals surface area contributed by atoms with E-state index in [4.69, 9.17) is 22.1 Å². The lowest BCUT2D eigenvalue weighted by molar-refractivity contribution is -0.255. The number of anilines is 1. The van der Waals surface area contributed by atoms with E-state index in [1.165, 1.54) is 10.6 Å². The molecule has 5 nitrogen and oxygen atoms in total. The van der Waals surface area contributed by atoms with Gasteiger partial charge in [0.1, 0.15) is 11.5 Å². The molecule has 2 N–H and O–H groups in total. The molecule has 0 unspecified atom stereocenters. The topological polar surface area (TPSA) is 80.3 Å². The van der Waals surface area contributed by atoms with Gasteiger partial charge in [0.25, 0.3) is 0 Å². The SMILES string of the molecule is Cl.Cl.Cn1c(C(=O)[O-])cc2c(Cl)cc(Oc3ccc(N)cc3)cc21. The lowest BCUT2D eigenvalue weighted by Gasteiger charge is -2.08. The molecular weight excluding hydrogens is 375 g/mol. The van der Waals surface area contributed by atoms with E-state index in [1.54, 1.807) is 43.4 Å². The molecule has 0 radical (unpaired) electrons. The summed E-state index contributed by atoms with van der Waals surface area (Å²) < 4.78 is 7.24. The van der Waals surface area contributed by atoms with Gasteiger partial charge in [-0.15, -0.1) is 24.8 Å². The second kappa shape index (κ2) is 7.66. The molecule has 0 amide bonds. The Morgan fingerprint density at radius 1 is 1.12 bits per heavy atom. The average molecular weight is 389 g/mol. The van der Waals surface area contributed by atoms with Crippen LogP contribution in [0.2, 0.25) is 5.02 Å². The monoisotopic (exact) mass is 387 g/mol. The fraction of sp³-hybridized carbons (Fsp3) is 0.0625. The quantitative estimate of drug-likeness (QED) is 0.697. The van der Waals surface area contributed by atoms with Crippen LogP contribution in [0.15, 0.2) is 42.5 Å². The molecule has 0 bridgehead atoms. The highest BCUT2D eigenvalue weighted by Gasteiger charge is 2.12. The Balaban J connectivity index is 0.00000144. The number of fused-ring (bicyclic) bond motifs is 1. The minimum atomic E-state index is -1.25. The predicted molar refractivity (Wildman–Crippen MR) is 97.7 cm³/mol. The van der Waals surface area contributed by atoms with Gasteiger partial charge in [0.2, 0.25) is 0 Å². The molecule has 0 aliphatic heterocycles. The van der Waals surface area contributed by atoms with E-state index in [-0.39, 0.29) is 30.5 Å². The number of halogens is 3. The highest BCUT2D eigenvalue weighted by Crippen LogP contribution is 2.33. The number of carboxylic acid groups (broad SMARTS) is 1. The van der Waals surface area contributed by atoms with E-state index < -0.39 is 5.97 Å². The van der Waals surface area contributed by atoms with Gasteiger partial charge < -0.3 is 24.9 Å². The molecule has 3 aromatic rings. The smallest absolute Gasteiger partial charge is 0.131 e. The first-order chi connectivity index (χ1) is 10.5. The lowest BCUT2D eigenvalue weighted by Crippen LogP contribution is -2.24. The van der Waals surface area contributed by atoms with Gasteiger partial charge >= 0.3 is 0 Å². The minimum absolute atomic E-state index is 0. The number of aryl methyl sites for hydroxylation is 1. The number of nitrogens with zero attached hydrogens (tertiary/aromatic N) is 1. The molecule has 0 aliphatic rings. The van der Waals surface area contributed by atoms with Crippen molar-refractivity contribution in [1.82, 2.24) is 4.57 Å². The Kier molecular flexibility index (Phi) is 6.37. The molecule has 24 heavy (non-hydrogen) atoms. The molecule has 0 saturated carbocycles. The van der Waals surface area contributed by atoms with Crippen LogP contribution >= 0.6 is 36.4 Å². The Morgan fingerprint density at radius 3 is 2.33 bits per heavy atom. The largest absolute Gasteiger partial charge is 0.543 e. The number of ether oxygens (including phenoxy) is 1. The van der Waals surface area contributed by atoms with Crippen molar-refractivity contribution in [2.45, 2.75) is 0 Å². The van der Waals surface area contributed by atoms with E-state index >= 15 is 0 Å². The summed E-state index contributed by atoms with van der Waals surface area (Å²) >= 11 is 6.22. The van der Waals surface area contributed by atoms with Crippen LogP contribution in [-0.2, 0) is 7.05 Å². The first kappa shape index (κ1) is 20.0. The fourth-order valence-corrected chi connectivity index (χ4v) is 2.55. The van der Waals surface area contributed by atoms with Gasteiger partial charge in [-0.3, -0.25) is 0 Å². The number of nitrogens with two attached hydrogens (primary N) is 1. The summed E-state index contributed by atoms with van der Waals surface area (Å²) in [7, 11) is 1.64. The zero-order valence-electron chi connectivity index (χ0n) is 12.5. The molecule has 0 spiro atoms. The summed E-state index contributed by atoms with van der Waals surface area (Å²) in [4.78, 5) is 11.1. The van der Waals surface area contributed by atoms with Crippen molar-refractivity contribution < 1.29 is 14.6 Å². The van der Waals surface area contributed by atoms with E-state index in [9.17, 15) is 9.90 Å².